The Balaban J connectivity index is 2.67. The van der Waals surface area contributed by atoms with Crippen LogP contribution >= 0.6 is 24.3 Å². The third kappa shape index (κ3) is 11.6. The quantitative estimate of drug-likeness (QED) is 0.114. The molecule has 0 radical (unpaired) electrons. The fraction of sp³-hybridized carbons (Fsp3) is 0.714. The number of nitrogens with one attached hydrogen (secondary N) is 2. The minimum atomic E-state index is -5.00. The van der Waals surface area contributed by atoms with E-state index in [2.05, 4.69) is 32.8 Å². The van der Waals surface area contributed by atoms with E-state index in [0.29, 0.717) is 5.56 Å². The van der Waals surface area contributed by atoms with Gasteiger partial charge in [0.05, 0.1) is 24.0 Å². The number of aromatic amines is 2. The van der Waals surface area contributed by atoms with E-state index < -0.39 is 54.4 Å². The second-order valence-corrected chi connectivity index (χ2v) is 10.1. The van der Waals surface area contributed by atoms with Crippen molar-refractivity contribution in [3.8, 4) is 0 Å². The molecule has 1 heterocycles. The van der Waals surface area contributed by atoms with E-state index in [-0.39, 0.29) is 24.9 Å². The number of hydrogen-bond acceptors (Lipinski definition) is 13. The van der Waals surface area contributed by atoms with Crippen molar-refractivity contribution in [2.75, 3.05) is 13.2 Å². The Morgan fingerprint density at radius 3 is 2.30 bits per heavy atom. The molecule has 0 saturated heterocycles. The van der Waals surface area contributed by atoms with Crippen molar-refractivity contribution in [2.24, 2.45) is 11.8 Å². The fourth-order valence-corrected chi connectivity index (χ4v) is 4.06. The highest BCUT2D eigenvalue weighted by Crippen LogP contribution is 2.53. The molecule has 5 unspecified atom stereocenters. The second kappa shape index (κ2) is 14.2. The molecule has 0 aromatic carbocycles. The largest absolute Gasteiger partial charge is 0.763 e. The Kier molecular flexibility index (Phi) is 12.8. The van der Waals surface area contributed by atoms with Gasteiger partial charge in [-0.1, -0.05) is 13.8 Å². The van der Waals surface area contributed by atoms with E-state index in [4.69, 9.17) is 9.99 Å². The summed E-state index contributed by atoms with van der Waals surface area (Å²) in [5, 5.41) is 17.9. The van der Waals surface area contributed by atoms with E-state index in [1.54, 1.807) is 0 Å². The van der Waals surface area contributed by atoms with Crippen LogP contribution in [0.4, 0.5) is 0 Å². The average molecular weight is 538 g/mol. The van der Waals surface area contributed by atoms with E-state index in [0.717, 1.165) is 0 Å². The first-order valence-electron chi connectivity index (χ1n) is 9.23. The average Bonchev–Trinajstić information content (AvgIpc) is 2.71. The number of aromatic nitrogens is 2. The lowest BCUT2D eigenvalue weighted by atomic mass is 9.90. The molecule has 0 fully saturated rings. The number of rotatable bonds is 16. The normalized spacial score (nSPS) is 17.3. The summed E-state index contributed by atoms with van der Waals surface area (Å²) >= 11 is 0. The number of aliphatic hydroxyl groups excluding tert-OH is 1. The summed E-state index contributed by atoms with van der Waals surface area (Å²) in [5.74, 6) is -0.235. The fourth-order valence-electron chi connectivity index (χ4n) is 2.29. The van der Waals surface area contributed by atoms with Gasteiger partial charge in [-0.25, -0.2) is 14.6 Å². The molecule has 0 spiro atoms. The molecule has 1 rings (SSSR count). The van der Waals surface area contributed by atoms with Crippen LogP contribution in [0.25, 0.3) is 0 Å². The van der Waals surface area contributed by atoms with Crippen LogP contribution in [0.3, 0.4) is 0 Å². The van der Waals surface area contributed by atoms with Crippen molar-refractivity contribution in [2.45, 2.75) is 39.4 Å². The molecule has 16 nitrogen and oxygen atoms in total. The minimum Gasteiger partial charge on any atom is -0.391 e. The van der Waals surface area contributed by atoms with Crippen molar-refractivity contribution in [3.05, 3.63) is 32.6 Å². The standard InChI is InChI=1S/C14H23N2O14P3/c1-8(2)11(4-10-5-15-14(19)16-13(10)18)6-25-12(9(3)17)7-26-33(23,24)30-32(22)29-28-31(21)27-20/h5,8-9,11-12,17H,4,6-7H2,1-3H3,(H2-2,15,16,18,19,20,23,24)/p+2/t9-,11?,12?/m1/s1. The Hall–Kier alpha value is -1.25. The Bertz CT molecular complexity index is 948. The number of aliphatic hydroxyl groups is 1. The topological polar surface area (TPSA) is 233 Å². The number of ether oxygens (including phenoxy) is 1. The number of phosphoric ester groups is 1. The van der Waals surface area contributed by atoms with Gasteiger partial charge >= 0.3 is 30.0 Å². The third-order valence-electron chi connectivity index (χ3n) is 4.18. The highest BCUT2D eigenvalue weighted by Gasteiger charge is 2.43. The number of phosphoric acid groups is 1. The Labute approximate surface area is 188 Å². The van der Waals surface area contributed by atoms with Gasteiger partial charge in [0, 0.05) is 20.9 Å². The van der Waals surface area contributed by atoms with Gasteiger partial charge in [0.15, 0.2) is 0 Å². The van der Waals surface area contributed by atoms with Crippen molar-refractivity contribution < 1.29 is 56.5 Å². The van der Waals surface area contributed by atoms with Crippen LogP contribution in [0.2, 0.25) is 0 Å². The zero-order valence-corrected chi connectivity index (χ0v) is 20.4. The van der Waals surface area contributed by atoms with Crippen molar-refractivity contribution >= 4 is 24.3 Å². The van der Waals surface area contributed by atoms with Gasteiger partial charge in [0.25, 0.3) is 5.56 Å². The van der Waals surface area contributed by atoms with E-state index in [9.17, 15) is 33.3 Å². The maximum Gasteiger partial charge on any atom is 0.763 e. The maximum atomic E-state index is 11.9. The molecule has 6 atom stereocenters. The monoisotopic (exact) mass is 538 g/mol. The molecule has 1 aromatic heterocycles. The zero-order chi connectivity index (χ0) is 25.2. The summed E-state index contributed by atoms with van der Waals surface area (Å²) in [6.07, 6.45) is -0.776. The van der Waals surface area contributed by atoms with Crippen LogP contribution in [0.5, 0.6) is 0 Å². The number of H-pyrrole nitrogens is 2. The van der Waals surface area contributed by atoms with Gasteiger partial charge in [0.2, 0.25) is 0 Å². The molecular formula is C14H25N2O14P3+2. The highest BCUT2D eigenvalue weighted by molar-refractivity contribution is 7.56. The lowest BCUT2D eigenvalue weighted by Crippen LogP contribution is -2.34. The number of hydrogen-bond donors (Lipinski definition) is 5. The first-order chi connectivity index (χ1) is 15.3. The van der Waals surface area contributed by atoms with Crippen molar-refractivity contribution in [3.63, 3.8) is 0 Å². The lowest BCUT2D eigenvalue weighted by Gasteiger charge is -2.26. The Morgan fingerprint density at radius 2 is 1.76 bits per heavy atom. The molecule has 1 aromatic rings. The highest BCUT2D eigenvalue weighted by atomic mass is 31.2. The van der Waals surface area contributed by atoms with Gasteiger partial charge in [-0.15, -0.1) is 0 Å². The van der Waals surface area contributed by atoms with Gasteiger partial charge in [0.1, 0.15) is 15.5 Å². The first-order valence-corrected chi connectivity index (χ1v) is 12.9. The molecule has 0 aliphatic rings. The van der Waals surface area contributed by atoms with Crippen LogP contribution in [-0.2, 0) is 47.7 Å². The van der Waals surface area contributed by atoms with Gasteiger partial charge < -0.3 is 14.8 Å². The summed E-state index contributed by atoms with van der Waals surface area (Å²) in [4.78, 5) is 37.2. The van der Waals surface area contributed by atoms with Crippen molar-refractivity contribution in [1.82, 2.24) is 9.97 Å². The van der Waals surface area contributed by atoms with Crippen LogP contribution in [0, 0.1) is 11.8 Å². The lowest BCUT2D eigenvalue weighted by molar-refractivity contribution is -0.182. The predicted molar refractivity (Wildman–Crippen MR) is 109 cm³/mol. The minimum absolute atomic E-state index is 0.00513. The third-order valence-corrected chi connectivity index (χ3v) is 6.65. The SMILES string of the molecule is CC(C)C(COC(COP(=O)(O)O[P+](=O)OO[P+](=O)OO)[C@@H](C)O)Cc1c[nH]c(=O)[nH]c1=O. The molecule has 0 bridgehead atoms. The van der Waals surface area contributed by atoms with Crippen LogP contribution in [-0.4, -0.2) is 50.6 Å². The van der Waals surface area contributed by atoms with Crippen LogP contribution in [0.1, 0.15) is 26.3 Å². The zero-order valence-electron chi connectivity index (χ0n) is 17.7. The van der Waals surface area contributed by atoms with E-state index in [1.165, 1.54) is 13.1 Å². The van der Waals surface area contributed by atoms with Crippen LogP contribution < -0.4 is 11.2 Å². The second-order valence-electron chi connectivity index (χ2n) is 6.94. The molecule has 0 aliphatic heterocycles. The summed E-state index contributed by atoms with van der Waals surface area (Å²) in [7, 11) is -11.7. The van der Waals surface area contributed by atoms with Crippen LogP contribution in [0.15, 0.2) is 15.8 Å². The predicted octanol–water partition coefficient (Wildman–Crippen LogP) is 1.53. The molecule has 0 aliphatic carbocycles. The van der Waals surface area contributed by atoms with E-state index in [1.807, 2.05) is 13.8 Å². The molecule has 33 heavy (non-hydrogen) atoms. The molecule has 0 amide bonds. The van der Waals surface area contributed by atoms with Crippen molar-refractivity contribution in [1.29, 1.82) is 0 Å². The summed E-state index contributed by atoms with van der Waals surface area (Å²) in [6, 6.07) is 0. The van der Waals surface area contributed by atoms with Gasteiger partial charge in [-0.2, -0.15) is 0 Å². The summed E-state index contributed by atoms with van der Waals surface area (Å²) in [6.45, 7) is 4.40. The Morgan fingerprint density at radius 1 is 1.12 bits per heavy atom. The molecule has 5 N–H and O–H groups in total. The first kappa shape index (κ1) is 29.8. The van der Waals surface area contributed by atoms with Gasteiger partial charge in [-0.3, -0.25) is 19.2 Å². The summed E-state index contributed by atoms with van der Waals surface area (Å²) < 4.78 is 58.9. The molecular weight excluding hydrogens is 513 g/mol. The molecule has 19 heteroatoms. The van der Waals surface area contributed by atoms with E-state index >= 15 is 0 Å². The van der Waals surface area contributed by atoms with Gasteiger partial charge in [-0.05, 0) is 29.5 Å². The molecule has 188 valence electrons. The molecule has 0 saturated carbocycles. The maximum absolute atomic E-state index is 11.9. The summed E-state index contributed by atoms with van der Waals surface area (Å²) in [5.41, 5.74) is -0.875. The smallest absolute Gasteiger partial charge is 0.391 e.